The van der Waals surface area contributed by atoms with Gasteiger partial charge in [-0.1, -0.05) is 30.3 Å². The summed E-state index contributed by atoms with van der Waals surface area (Å²) in [5.74, 6) is -2.13. The molecular formula is C19H23N5O4. The van der Waals surface area contributed by atoms with Gasteiger partial charge in [-0.25, -0.2) is 4.79 Å². The summed E-state index contributed by atoms with van der Waals surface area (Å²) in [7, 11) is 0. The topological polar surface area (TPSA) is 160 Å². The van der Waals surface area contributed by atoms with Crippen molar-refractivity contribution < 1.29 is 19.5 Å². The summed E-state index contributed by atoms with van der Waals surface area (Å²) in [6.45, 7) is 3.36. The number of aromatic nitrogens is 1. The lowest BCUT2D eigenvalue weighted by atomic mass is 9.98. The van der Waals surface area contributed by atoms with Crippen molar-refractivity contribution in [2.75, 3.05) is 11.1 Å². The highest BCUT2D eigenvalue weighted by Gasteiger charge is 2.27. The summed E-state index contributed by atoms with van der Waals surface area (Å²) in [6, 6.07) is 8.01. The third-order valence-corrected chi connectivity index (χ3v) is 4.00. The zero-order chi connectivity index (χ0) is 20.9. The average Bonchev–Trinajstić information content (AvgIpc) is 2.62. The number of hydrogen-bond acceptors (Lipinski definition) is 6. The Morgan fingerprint density at radius 1 is 1.18 bits per heavy atom. The van der Waals surface area contributed by atoms with Gasteiger partial charge in [0.25, 0.3) is 0 Å². The number of hydrogen-bond donors (Lipinski definition) is 5. The van der Waals surface area contributed by atoms with Crippen LogP contribution in [-0.2, 0) is 9.59 Å². The van der Waals surface area contributed by atoms with E-state index in [0.29, 0.717) is 5.56 Å². The molecule has 28 heavy (non-hydrogen) atoms. The van der Waals surface area contributed by atoms with Gasteiger partial charge in [-0.2, -0.15) is 0 Å². The maximum Gasteiger partial charge on any atom is 0.339 e. The summed E-state index contributed by atoms with van der Waals surface area (Å²) < 4.78 is 0. The average molecular weight is 385 g/mol. The summed E-state index contributed by atoms with van der Waals surface area (Å²) >= 11 is 0. The first-order valence-electron chi connectivity index (χ1n) is 8.50. The van der Waals surface area contributed by atoms with E-state index in [1.165, 1.54) is 6.20 Å². The maximum atomic E-state index is 12.4. The van der Waals surface area contributed by atoms with Crippen molar-refractivity contribution in [2.45, 2.75) is 31.8 Å². The lowest BCUT2D eigenvalue weighted by molar-refractivity contribution is -0.124. The molecule has 9 nitrogen and oxygen atoms in total. The minimum absolute atomic E-state index is 0.0863. The SMILES string of the molecule is CC(C)(CC(=O)Nc1cncc(C(=O)O)c1N)NC(=O)[C@@H](N)c1ccccc1. The Bertz CT molecular complexity index is 883. The van der Waals surface area contributed by atoms with E-state index in [1.807, 2.05) is 6.07 Å². The van der Waals surface area contributed by atoms with Crippen molar-refractivity contribution in [2.24, 2.45) is 5.73 Å². The van der Waals surface area contributed by atoms with Crippen LogP contribution in [0.1, 0.15) is 42.2 Å². The summed E-state index contributed by atoms with van der Waals surface area (Å²) in [6.07, 6.45) is 2.27. The number of carboxylic acid groups (broad SMARTS) is 1. The fraction of sp³-hybridized carbons (Fsp3) is 0.263. The first-order valence-corrected chi connectivity index (χ1v) is 8.50. The number of amides is 2. The highest BCUT2D eigenvalue weighted by Crippen LogP contribution is 2.22. The van der Waals surface area contributed by atoms with Gasteiger partial charge in [-0.3, -0.25) is 14.6 Å². The maximum absolute atomic E-state index is 12.4. The number of carbonyl (C=O) groups excluding carboxylic acids is 2. The van der Waals surface area contributed by atoms with Crippen molar-refractivity contribution in [1.82, 2.24) is 10.3 Å². The van der Waals surface area contributed by atoms with Gasteiger partial charge in [0.1, 0.15) is 11.6 Å². The molecule has 0 saturated heterocycles. The number of carboxylic acids is 1. The number of carbonyl (C=O) groups is 3. The second-order valence-electron chi connectivity index (χ2n) is 6.94. The molecule has 1 atom stereocenters. The summed E-state index contributed by atoms with van der Waals surface area (Å²) in [5, 5.41) is 14.3. The van der Waals surface area contributed by atoms with Crippen molar-refractivity contribution in [3.8, 4) is 0 Å². The van der Waals surface area contributed by atoms with Gasteiger partial charge in [0, 0.05) is 18.2 Å². The highest BCUT2D eigenvalue weighted by atomic mass is 16.4. The van der Waals surface area contributed by atoms with Crippen LogP contribution in [-0.4, -0.2) is 33.4 Å². The quantitative estimate of drug-likeness (QED) is 0.480. The fourth-order valence-electron chi connectivity index (χ4n) is 2.60. The Balaban J connectivity index is 2.02. The second kappa shape index (κ2) is 8.49. The van der Waals surface area contributed by atoms with Crippen molar-refractivity contribution >= 4 is 29.2 Å². The third kappa shape index (κ3) is 5.27. The van der Waals surface area contributed by atoms with Gasteiger partial charge in [0.05, 0.1) is 17.6 Å². The predicted molar refractivity (Wildman–Crippen MR) is 104 cm³/mol. The van der Waals surface area contributed by atoms with E-state index in [4.69, 9.17) is 16.6 Å². The molecule has 2 aromatic rings. The molecule has 0 aliphatic carbocycles. The molecule has 0 spiro atoms. The molecule has 0 saturated carbocycles. The first-order chi connectivity index (χ1) is 13.1. The largest absolute Gasteiger partial charge is 0.478 e. The molecule has 0 aliphatic heterocycles. The molecule has 7 N–H and O–H groups in total. The Kier molecular flexibility index (Phi) is 6.32. The fourth-order valence-corrected chi connectivity index (χ4v) is 2.60. The molecule has 148 valence electrons. The number of nitrogens with one attached hydrogen (secondary N) is 2. The lowest BCUT2D eigenvalue weighted by Crippen LogP contribution is -2.49. The van der Waals surface area contributed by atoms with Crippen molar-refractivity contribution in [3.05, 3.63) is 53.9 Å². The molecule has 1 heterocycles. The number of pyridine rings is 1. The number of nitrogens with zero attached hydrogens (tertiary/aromatic N) is 1. The van der Waals surface area contributed by atoms with Gasteiger partial charge < -0.3 is 27.2 Å². The van der Waals surface area contributed by atoms with Crippen LogP contribution in [0.15, 0.2) is 42.7 Å². The normalized spacial score (nSPS) is 12.1. The van der Waals surface area contributed by atoms with E-state index in [2.05, 4.69) is 15.6 Å². The van der Waals surface area contributed by atoms with E-state index in [-0.39, 0.29) is 23.4 Å². The van der Waals surface area contributed by atoms with E-state index in [0.717, 1.165) is 6.20 Å². The molecular weight excluding hydrogens is 362 g/mol. The van der Waals surface area contributed by atoms with E-state index in [9.17, 15) is 14.4 Å². The summed E-state index contributed by atoms with van der Waals surface area (Å²) in [5.41, 5.74) is 11.3. The minimum atomic E-state index is -1.25. The Morgan fingerprint density at radius 2 is 1.82 bits per heavy atom. The number of nitrogens with two attached hydrogens (primary N) is 2. The van der Waals surface area contributed by atoms with Gasteiger partial charge in [0.15, 0.2) is 0 Å². The minimum Gasteiger partial charge on any atom is -0.478 e. The lowest BCUT2D eigenvalue weighted by Gasteiger charge is -2.27. The van der Waals surface area contributed by atoms with Crippen LogP contribution in [0.25, 0.3) is 0 Å². The molecule has 1 aromatic heterocycles. The van der Waals surface area contributed by atoms with Gasteiger partial charge in [-0.15, -0.1) is 0 Å². The zero-order valence-electron chi connectivity index (χ0n) is 15.6. The monoisotopic (exact) mass is 385 g/mol. The Hall–Kier alpha value is -3.46. The third-order valence-electron chi connectivity index (χ3n) is 4.00. The molecule has 0 bridgehead atoms. The van der Waals surface area contributed by atoms with Gasteiger partial charge in [0.2, 0.25) is 11.8 Å². The van der Waals surface area contributed by atoms with Crippen LogP contribution in [0.5, 0.6) is 0 Å². The smallest absolute Gasteiger partial charge is 0.339 e. The number of nitrogen functional groups attached to an aromatic ring is 1. The van der Waals surface area contributed by atoms with E-state index in [1.54, 1.807) is 38.1 Å². The summed E-state index contributed by atoms with van der Waals surface area (Å²) in [4.78, 5) is 39.6. The number of benzene rings is 1. The second-order valence-corrected chi connectivity index (χ2v) is 6.94. The van der Waals surface area contributed by atoms with Crippen LogP contribution in [0.3, 0.4) is 0 Å². The Morgan fingerprint density at radius 3 is 2.43 bits per heavy atom. The first kappa shape index (κ1) is 20.8. The Labute approximate surface area is 162 Å². The molecule has 0 fully saturated rings. The molecule has 2 rings (SSSR count). The van der Waals surface area contributed by atoms with Gasteiger partial charge >= 0.3 is 5.97 Å². The number of rotatable bonds is 7. The molecule has 0 aliphatic rings. The van der Waals surface area contributed by atoms with Crippen LogP contribution < -0.4 is 22.1 Å². The van der Waals surface area contributed by atoms with Gasteiger partial charge in [-0.05, 0) is 19.4 Å². The van der Waals surface area contributed by atoms with Crippen molar-refractivity contribution in [3.63, 3.8) is 0 Å². The molecule has 1 aromatic carbocycles. The zero-order valence-corrected chi connectivity index (χ0v) is 15.6. The molecule has 9 heteroatoms. The standard InChI is InChI=1S/C19H23N5O4/c1-19(2,24-17(26)15(20)11-6-4-3-5-7-11)8-14(25)23-13-10-22-9-12(16(13)21)18(27)28/h3-7,9-10,15H,8,20H2,1-2H3,(H2,21,22)(H,23,25)(H,24,26)(H,27,28)/t15-/m0/s1. The van der Waals surface area contributed by atoms with Crippen LogP contribution in [0.2, 0.25) is 0 Å². The van der Waals surface area contributed by atoms with Crippen LogP contribution in [0, 0.1) is 0 Å². The molecule has 0 radical (unpaired) electrons. The molecule has 2 amide bonds. The van der Waals surface area contributed by atoms with Crippen molar-refractivity contribution in [1.29, 1.82) is 0 Å². The predicted octanol–water partition coefficient (Wildman–Crippen LogP) is 1.29. The van der Waals surface area contributed by atoms with E-state index >= 15 is 0 Å². The van der Waals surface area contributed by atoms with Crippen LogP contribution in [0.4, 0.5) is 11.4 Å². The van der Waals surface area contributed by atoms with Crippen LogP contribution >= 0.6 is 0 Å². The molecule has 0 unspecified atom stereocenters. The number of aromatic carboxylic acids is 1. The van der Waals surface area contributed by atoms with E-state index < -0.39 is 29.4 Å². The highest BCUT2D eigenvalue weighted by molar-refractivity contribution is 6.01. The number of anilines is 2.